The number of hydrogen-bond acceptors (Lipinski definition) is 4. The van der Waals surface area contributed by atoms with Gasteiger partial charge in [0.25, 0.3) is 5.91 Å². The van der Waals surface area contributed by atoms with Crippen LogP contribution in [-0.2, 0) is 0 Å². The molecule has 3 aromatic rings. The zero-order valence-corrected chi connectivity index (χ0v) is 14.6. The van der Waals surface area contributed by atoms with E-state index in [-0.39, 0.29) is 5.91 Å². The second-order valence-corrected chi connectivity index (χ2v) is 5.98. The maximum Gasteiger partial charge on any atom is 0.274 e. The van der Waals surface area contributed by atoms with Crippen LogP contribution in [-0.4, -0.2) is 10.9 Å². The number of carbonyl (C=O) groups is 1. The summed E-state index contributed by atoms with van der Waals surface area (Å²) in [6.07, 6.45) is 1.56. The number of anilines is 3. The summed E-state index contributed by atoms with van der Waals surface area (Å²) in [5.41, 5.74) is 5.09. The van der Waals surface area contributed by atoms with Crippen LogP contribution in [0.2, 0.25) is 0 Å². The lowest BCUT2D eigenvalue weighted by Gasteiger charge is -2.11. The predicted molar refractivity (Wildman–Crippen MR) is 103 cm³/mol. The first kappa shape index (κ1) is 17.2. The molecule has 0 fully saturated rings. The van der Waals surface area contributed by atoms with E-state index in [0.717, 1.165) is 16.8 Å². The lowest BCUT2D eigenvalue weighted by Crippen LogP contribution is -2.14. The van der Waals surface area contributed by atoms with Gasteiger partial charge in [-0.2, -0.15) is 5.26 Å². The van der Waals surface area contributed by atoms with Gasteiger partial charge in [-0.1, -0.05) is 29.8 Å². The van der Waals surface area contributed by atoms with Gasteiger partial charge >= 0.3 is 0 Å². The molecule has 0 aliphatic carbocycles. The highest BCUT2D eigenvalue weighted by atomic mass is 16.1. The number of benzene rings is 2. The number of rotatable bonds is 4. The van der Waals surface area contributed by atoms with Gasteiger partial charge in [-0.15, -0.1) is 0 Å². The molecular formula is C21H18N4O. The maximum atomic E-state index is 12.5. The van der Waals surface area contributed by atoms with E-state index in [1.807, 2.05) is 44.2 Å². The molecule has 1 aromatic heterocycles. The first-order chi connectivity index (χ1) is 12.6. The van der Waals surface area contributed by atoms with Crippen LogP contribution in [0.15, 0.2) is 60.8 Å². The lowest BCUT2D eigenvalue weighted by atomic mass is 10.1. The highest BCUT2D eigenvalue weighted by molar-refractivity contribution is 6.03. The molecule has 5 heteroatoms. The monoisotopic (exact) mass is 342 g/mol. The Morgan fingerprint density at radius 2 is 1.85 bits per heavy atom. The van der Waals surface area contributed by atoms with Gasteiger partial charge in [-0.25, -0.2) is 0 Å². The summed E-state index contributed by atoms with van der Waals surface area (Å²) in [7, 11) is 0. The second kappa shape index (κ2) is 7.49. The van der Waals surface area contributed by atoms with Crippen molar-refractivity contribution in [3.8, 4) is 6.07 Å². The number of carbonyl (C=O) groups excluding carboxylic acids is 1. The molecule has 1 heterocycles. The normalized spacial score (nSPS) is 10.0. The third-order valence-electron chi connectivity index (χ3n) is 3.95. The van der Waals surface area contributed by atoms with Crippen LogP contribution >= 0.6 is 0 Å². The molecule has 0 saturated carbocycles. The Bertz CT molecular complexity index is 1000. The van der Waals surface area contributed by atoms with Gasteiger partial charge in [-0.3, -0.25) is 9.78 Å². The average molecular weight is 342 g/mol. The van der Waals surface area contributed by atoms with Crippen LogP contribution in [0.3, 0.4) is 0 Å². The summed E-state index contributed by atoms with van der Waals surface area (Å²) in [5, 5.41) is 15.2. The van der Waals surface area contributed by atoms with Crippen LogP contribution in [0, 0.1) is 25.2 Å². The van der Waals surface area contributed by atoms with E-state index in [1.165, 1.54) is 0 Å². The summed E-state index contributed by atoms with van der Waals surface area (Å²) in [6, 6.07) is 18.6. The van der Waals surface area contributed by atoms with Gasteiger partial charge in [0.1, 0.15) is 11.8 Å². The maximum absolute atomic E-state index is 12.5. The summed E-state index contributed by atoms with van der Waals surface area (Å²) >= 11 is 0. The SMILES string of the molecule is Cc1ccc(NC(=O)c2cc(Nc3ccccc3C#N)ccn2)c(C)c1. The van der Waals surface area contributed by atoms with Gasteiger partial charge in [0, 0.05) is 17.6 Å². The Kier molecular flexibility index (Phi) is 4.95. The molecule has 1 amide bonds. The smallest absolute Gasteiger partial charge is 0.274 e. The quantitative estimate of drug-likeness (QED) is 0.728. The number of pyridine rings is 1. The molecule has 0 aliphatic heterocycles. The fourth-order valence-corrected chi connectivity index (χ4v) is 2.62. The fraction of sp³-hybridized carbons (Fsp3) is 0.0952. The minimum absolute atomic E-state index is 0.283. The van der Waals surface area contributed by atoms with Crippen molar-refractivity contribution in [2.24, 2.45) is 0 Å². The van der Waals surface area contributed by atoms with Crippen molar-refractivity contribution in [1.82, 2.24) is 4.98 Å². The van der Waals surface area contributed by atoms with Crippen molar-refractivity contribution >= 4 is 23.0 Å². The van der Waals surface area contributed by atoms with Gasteiger partial charge in [0.05, 0.1) is 11.3 Å². The standard InChI is InChI=1S/C21H18N4O/c1-14-7-8-18(15(2)11-14)25-21(26)20-12-17(9-10-23-20)24-19-6-4-3-5-16(19)13-22/h3-12H,1-2H3,(H,23,24)(H,25,26). The Morgan fingerprint density at radius 1 is 1.04 bits per heavy atom. The molecule has 0 bridgehead atoms. The van der Waals surface area contributed by atoms with E-state index < -0.39 is 0 Å². The van der Waals surface area contributed by atoms with Crippen molar-refractivity contribution in [3.63, 3.8) is 0 Å². The van der Waals surface area contributed by atoms with Crippen molar-refractivity contribution in [2.75, 3.05) is 10.6 Å². The molecule has 0 saturated heterocycles. The van der Waals surface area contributed by atoms with Gasteiger partial charge in [0.2, 0.25) is 0 Å². The highest BCUT2D eigenvalue weighted by Crippen LogP contribution is 2.21. The van der Waals surface area contributed by atoms with Crippen LogP contribution in [0.1, 0.15) is 27.2 Å². The number of para-hydroxylation sites is 1. The first-order valence-electron chi connectivity index (χ1n) is 8.17. The van der Waals surface area contributed by atoms with Crippen molar-refractivity contribution < 1.29 is 4.79 Å². The van der Waals surface area contributed by atoms with E-state index >= 15 is 0 Å². The molecule has 128 valence electrons. The molecule has 2 aromatic carbocycles. The largest absolute Gasteiger partial charge is 0.354 e. The van der Waals surface area contributed by atoms with E-state index in [0.29, 0.717) is 22.6 Å². The first-order valence-corrected chi connectivity index (χ1v) is 8.17. The molecule has 2 N–H and O–H groups in total. The minimum atomic E-state index is -0.283. The Labute approximate surface area is 152 Å². The van der Waals surface area contributed by atoms with Crippen molar-refractivity contribution in [1.29, 1.82) is 5.26 Å². The van der Waals surface area contributed by atoms with Gasteiger partial charge in [-0.05, 0) is 49.7 Å². The molecule has 0 aliphatic rings. The molecule has 0 spiro atoms. The van der Waals surface area contributed by atoms with Gasteiger partial charge in [0.15, 0.2) is 0 Å². The molecule has 26 heavy (non-hydrogen) atoms. The predicted octanol–water partition coefficient (Wildman–Crippen LogP) is 4.57. The third-order valence-corrected chi connectivity index (χ3v) is 3.95. The molecule has 5 nitrogen and oxygen atoms in total. The average Bonchev–Trinajstić information content (AvgIpc) is 2.64. The summed E-state index contributed by atoms with van der Waals surface area (Å²) in [5.74, 6) is -0.283. The van der Waals surface area contributed by atoms with Crippen LogP contribution in [0.4, 0.5) is 17.1 Å². The zero-order valence-electron chi connectivity index (χ0n) is 14.6. The zero-order chi connectivity index (χ0) is 18.5. The lowest BCUT2D eigenvalue weighted by molar-refractivity contribution is 0.102. The van der Waals surface area contributed by atoms with E-state index in [9.17, 15) is 10.1 Å². The Balaban J connectivity index is 1.80. The molecular weight excluding hydrogens is 324 g/mol. The van der Waals surface area contributed by atoms with E-state index in [2.05, 4.69) is 21.7 Å². The Morgan fingerprint density at radius 3 is 2.62 bits per heavy atom. The summed E-state index contributed by atoms with van der Waals surface area (Å²) < 4.78 is 0. The number of aromatic nitrogens is 1. The molecule has 0 unspecified atom stereocenters. The number of aryl methyl sites for hydroxylation is 2. The van der Waals surface area contributed by atoms with E-state index in [4.69, 9.17) is 0 Å². The minimum Gasteiger partial charge on any atom is -0.354 e. The summed E-state index contributed by atoms with van der Waals surface area (Å²) in [4.78, 5) is 16.7. The van der Waals surface area contributed by atoms with Crippen molar-refractivity contribution in [3.05, 3.63) is 83.2 Å². The highest BCUT2D eigenvalue weighted by Gasteiger charge is 2.11. The summed E-state index contributed by atoms with van der Waals surface area (Å²) in [6.45, 7) is 3.96. The third kappa shape index (κ3) is 3.87. The van der Waals surface area contributed by atoms with Crippen molar-refractivity contribution in [2.45, 2.75) is 13.8 Å². The number of nitrogens with one attached hydrogen (secondary N) is 2. The second-order valence-electron chi connectivity index (χ2n) is 5.98. The van der Waals surface area contributed by atoms with Crippen LogP contribution in [0.25, 0.3) is 0 Å². The number of nitriles is 1. The topological polar surface area (TPSA) is 77.8 Å². The number of amides is 1. The number of hydrogen-bond donors (Lipinski definition) is 2. The van der Waals surface area contributed by atoms with Crippen LogP contribution in [0.5, 0.6) is 0 Å². The molecule has 0 atom stereocenters. The fourth-order valence-electron chi connectivity index (χ4n) is 2.62. The van der Waals surface area contributed by atoms with E-state index in [1.54, 1.807) is 30.5 Å². The molecule has 0 radical (unpaired) electrons. The molecule has 3 rings (SSSR count). The Hall–Kier alpha value is -3.65. The number of nitrogens with zero attached hydrogens (tertiary/aromatic N) is 2. The van der Waals surface area contributed by atoms with Crippen LogP contribution < -0.4 is 10.6 Å². The van der Waals surface area contributed by atoms with Gasteiger partial charge < -0.3 is 10.6 Å².